The van der Waals surface area contributed by atoms with E-state index in [4.69, 9.17) is 21.5 Å². The molecule has 3 heterocycles. The lowest BCUT2D eigenvalue weighted by molar-refractivity contribution is -0.192. The van der Waals surface area contributed by atoms with Crippen LogP contribution in [-0.4, -0.2) is 57.1 Å². The Hall–Kier alpha value is -3.64. The number of hydrogen-bond acceptors (Lipinski definition) is 5. The van der Waals surface area contributed by atoms with Crippen LogP contribution in [0.25, 0.3) is 5.65 Å². The minimum atomic E-state index is -5.08. The third kappa shape index (κ3) is 8.18. The summed E-state index contributed by atoms with van der Waals surface area (Å²) in [5.74, 6) is -2.71. The van der Waals surface area contributed by atoms with Gasteiger partial charge in [-0.3, -0.25) is 14.0 Å². The molecule has 1 saturated heterocycles. The maximum atomic E-state index is 12.6. The van der Waals surface area contributed by atoms with E-state index in [1.54, 1.807) is 17.5 Å². The van der Waals surface area contributed by atoms with Crippen LogP contribution >= 0.6 is 11.6 Å². The lowest BCUT2D eigenvalue weighted by atomic mass is 9.96. The molecule has 2 amide bonds. The molecule has 1 aromatic carbocycles. The molecule has 3 atom stereocenters. The number of pyridine rings is 1. The SMILES string of the molecule is C[C@H](NC(=O)[C@H]1C[C@H](Cc2ccccc2)CN1)C(=O)NCc1ccc2ncc(Cl)n2c1.O=C(O)C(F)(F)F. The second-order valence-electron chi connectivity index (χ2n) is 8.85. The first-order chi connectivity index (χ1) is 17.9. The van der Waals surface area contributed by atoms with Crippen molar-refractivity contribution >= 4 is 35.0 Å². The van der Waals surface area contributed by atoms with Crippen molar-refractivity contribution in [3.8, 4) is 0 Å². The maximum Gasteiger partial charge on any atom is 0.490 e. The number of fused-ring (bicyclic) bond motifs is 1. The van der Waals surface area contributed by atoms with Gasteiger partial charge < -0.3 is 21.1 Å². The van der Waals surface area contributed by atoms with Gasteiger partial charge in [-0.2, -0.15) is 13.2 Å². The van der Waals surface area contributed by atoms with Crippen molar-refractivity contribution < 1.29 is 32.7 Å². The smallest absolute Gasteiger partial charge is 0.475 e. The molecule has 1 aliphatic rings. The second kappa shape index (κ2) is 12.7. The van der Waals surface area contributed by atoms with Gasteiger partial charge in [0.2, 0.25) is 11.8 Å². The lowest BCUT2D eigenvalue weighted by Gasteiger charge is -2.17. The van der Waals surface area contributed by atoms with Gasteiger partial charge in [-0.05, 0) is 49.4 Å². The molecule has 3 aromatic rings. The van der Waals surface area contributed by atoms with Gasteiger partial charge in [0, 0.05) is 12.7 Å². The quantitative estimate of drug-likeness (QED) is 0.357. The van der Waals surface area contributed by atoms with Crippen molar-refractivity contribution in [1.82, 2.24) is 25.3 Å². The third-order valence-electron chi connectivity index (χ3n) is 5.89. The summed E-state index contributed by atoms with van der Waals surface area (Å²) in [5.41, 5.74) is 2.91. The summed E-state index contributed by atoms with van der Waals surface area (Å²) in [6, 6.07) is 13.1. The number of hydrogen-bond donors (Lipinski definition) is 4. The van der Waals surface area contributed by atoms with E-state index >= 15 is 0 Å². The minimum Gasteiger partial charge on any atom is -0.475 e. The second-order valence-corrected chi connectivity index (χ2v) is 9.24. The van der Waals surface area contributed by atoms with E-state index in [9.17, 15) is 22.8 Å². The predicted molar refractivity (Wildman–Crippen MR) is 133 cm³/mol. The van der Waals surface area contributed by atoms with Gasteiger partial charge in [0.1, 0.15) is 16.8 Å². The van der Waals surface area contributed by atoms with Gasteiger partial charge in [-0.1, -0.05) is 48.0 Å². The molecule has 2 aromatic heterocycles. The third-order valence-corrected chi connectivity index (χ3v) is 6.17. The monoisotopic (exact) mass is 553 g/mol. The topological polar surface area (TPSA) is 125 Å². The summed E-state index contributed by atoms with van der Waals surface area (Å²) >= 11 is 6.09. The van der Waals surface area contributed by atoms with Crippen molar-refractivity contribution in [1.29, 1.82) is 0 Å². The number of benzene rings is 1. The Balaban J connectivity index is 0.000000505. The Bertz CT molecular complexity index is 1270. The number of aliphatic carboxylic acids is 1. The largest absolute Gasteiger partial charge is 0.490 e. The average molecular weight is 554 g/mol. The summed E-state index contributed by atoms with van der Waals surface area (Å²) < 4.78 is 33.5. The molecule has 0 bridgehead atoms. The summed E-state index contributed by atoms with van der Waals surface area (Å²) in [6.07, 6.45) is 0.0432. The van der Waals surface area contributed by atoms with Crippen LogP contribution in [0.4, 0.5) is 13.2 Å². The van der Waals surface area contributed by atoms with Crippen LogP contribution in [0.1, 0.15) is 24.5 Å². The fraction of sp³-hybridized carbons (Fsp3) is 0.360. The van der Waals surface area contributed by atoms with Crippen LogP contribution in [0.2, 0.25) is 5.15 Å². The highest BCUT2D eigenvalue weighted by atomic mass is 35.5. The first-order valence-electron chi connectivity index (χ1n) is 11.7. The Morgan fingerprint density at radius 1 is 1.18 bits per heavy atom. The van der Waals surface area contributed by atoms with Crippen molar-refractivity contribution in [2.45, 2.75) is 44.6 Å². The van der Waals surface area contributed by atoms with E-state index in [2.05, 4.69) is 33.1 Å². The van der Waals surface area contributed by atoms with E-state index in [0.29, 0.717) is 17.6 Å². The van der Waals surface area contributed by atoms with Crippen molar-refractivity contribution in [2.75, 3.05) is 6.54 Å². The summed E-state index contributed by atoms with van der Waals surface area (Å²) in [6.45, 7) is 2.83. The maximum absolute atomic E-state index is 12.6. The number of carbonyl (C=O) groups is 3. The number of halogens is 4. The van der Waals surface area contributed by atoms with Crippen molar-refractivity contribution in [3.63, 3.8) is 0 Å². The number of alkyl halides is 3. The number of aromatic nitrogens is 2. The molecule has 204 valence electrons. The number of nitrogens with zero attached hydrogens (tertiary/aromatic N) is 2. The molecule has 0 spiro atoms. The fourth-order valence-corrected chi connectivity index (χ4v) is 4.12. The molecule has 13 heteroatoms. The predicted octanol–water partition coefficient (Wildman–Crippen LogP) is 2.96. The normalized spacial score (nSPS) is 17.8. The number of carboxylic acid groups (broad SMARTS) is 1. The molecule has 1 aliphatic heterocycles. The molecule has 38 heavy (non-hydrogen) atoms. The molecule has 1 fully saturated rings. The first-order valence-corrected chi connectivity index (χ1v) is 12.1. The number of amides is 2. The number of carboxylic acids is 1. The van der Waals surface area contributed by atoms with Crippen LogP contribution in [0.15, 0.2) is 54.9 Å². The van der Waals surface area contributed by atoms with E-state index in [1.807, 2.05) is 36.5 Å². The van der Waals surface area contributed by atoms with E-state index in [0.717, 1.165) is 30.6 Å². The van der Waals surface area contributed by atoms with Crippen LogP contribution < -0.4 is 16.0 Å². The molecule has 0 unspecified atom stereocenters. The molecule has 4 N–H and O–H groups in total. The highest BCUT2D eigenvalue weighted by molar-refractivity contribution is 6.29. The lowest BCUT2D eigenvalue weighted by Crippen LogP contribution is -2.49. The molecule has 0 saturated carbocycles. The van der Waals surface area contributed by atoms with E-state index in [-0.39, 0.29) is 17.9 Å². The molecule has 0 radical (unpaired) electrons. The van der Waals surface area contributed by atoms with Crippen molar-refractivity contribution in [2.24, 2.45) is 5.92 Å². The molecular weight excluding hydrogens is 527 g/mol. The number of nitrogens with one attached hydrogen (secondary N) is 3. The zero-order valence-corrected chi connectivity index (χ0v) is 21.1. The fourth-order valence-electron chi connectivity index (χ4n) is 3.93. The van der Waals surface area contributed by atoms with Crippen LogP contribution in [0, 0.1) is 5.92 Å². The molecular formula is C25H27ClF3N5O4. The van der Waals surface area contributed by atoms with Gasteiger partial charge in [0.05, 0.1) is 12.2 Å². The highest BCUT2D eigenvalue weighted by Gasteiger charge is 2.38. The molecule has 4 rings (SSSR count). The van der Waals surface area contributed by atoms with Crippen molar-refractivity contribution in [3.05, 3.63) is 71.1 Å². The highest BCUT2D eigenvalue weighted by Crippen LogP contribution is 2.19. The van der Waals surface area contributed by atoms with Gasteiger partial charge in [-0.15, -0.1) is 0 Å². The Kier molecular flexibility index (Phi) is 9.70. The summed E-state index contributed by atoms with van der Waals surface area (Å²) in [7, 11) is 0. The average Bonchev–Trinajstić information content (AvgIpc) is 3.49. The van der Waals surface area contributed by atoms with Crippen LogP contribution in [0.3, 0.4) is 0 Å². The number of rotatable bonds is 7. The van der Waals surface area contributed by atoms with E-state index < -0.39 is 18.2 Å². The van der Waals surface area contributed by atoms with Crippen LogP contribution in [-0.2, 0) is 27.3 Å². The van der Waals surface area contributed by atoms with Gasteiger partial charge in [0.15, 0.2) is 0 Å². The first kappa shape index (κ1) is 28.9. The van der Waals surface area contributed by atoms with Gasteiger partial charge in [-0.25, -0.2) is 9.78 Å². The zero-order valence-electron chi connectivity index (χ0n) is 20.3. The minimum absolute atomic E-state index is 0.134. The van der Waals surface area contributed by atoms with Gasteiger partial charge in [0.25, 0.3) is 0 Å². The number of carbonyl (C=O) groups excluding carboxylic acids is 2. The zero-order chi connectivity index (χ0) is 27.9. The van der Waals surface area contributed by atoms with Gasteiger partial charge >= 0.3 is 12.1 Å². The Labute approximate surface area is 221 Å². The Morgan fingerprint density at radius 3 is 2.53 bits per heavy atom. The summed E-state index contributed by atoms with van der Waals surface area (Å²) in [4.78, 5) is 38.1. The van der Waals surface area contributed by atoms with E-state index in [1.165, 1.54) is 5.56 Å². The number of imidazole rings is 1. The molecule has 0 aliphatic carbocycles. The summed E-state index contributed by atoms with van der Waals surface area (Å²) in [5, 5.41) is 16.6. The van der Waals surface area contributed by atoms with Crippen LogP contribution in [0.5, 0.6) is 0 Å². The Morgan fingerprint density at radius 2 is 1.87 bits per heavy atom. The molecule has 9 nitrogen and oxygen atoms in total. The standard InChI is InChI=1S/C23H26ClN5O2.C2HF3O2/c1-15(22(30)27-11-17-7-8-21-26-13-20(24)29(21)14-17)28-23(31)19-10-18(12-25-19)9-16-5-3-2-4-6-16;3-2(4,5)1(6)7/h2-8,13-15,18-19,25H,9-12H2,1H3,(H,27,30)(H,28,31);(H,6,7)/t15-,18-,19+;/m0./s1.